The molecule has 1 aromatic rings. The molecule has 2 nitrogen and oxygen atoms in total. The Morgan fingerprint density at radius 1 is 1.88 bits per heavy atom. The second kappa shape index (κ2) is 2.13. The molecule has 0 aliphatic rings. The Hall–Kier alpha value is -0.570. The topological polar surface area (TPSA) is 33.1 Å². The lowest BCUT2D eigenvalue weighted by atomic mass is 10.3. The van der Waals surface area contributed by atoms with Gasteiger partial charge in [0.2, 0.25) is 0 Å². The van der Waals surface area contributed by atoms with Crippen LogP contribution in [0.1, 0.15) is 12.6 Å². The zero-order chi connectivity index (χ0) is 5.98. The molecule has 0 saturated heterocycles. The van der Waals surface area contributed by atoms with Crippen LogP contribution in [0.5, 0.6) is 5.75 Å². The van der Waals surface area contributed by atoms with Crippen LogP contribution in [0.25, 0.3) is 0 Å². The van der Waals surface area contributed by atoms with Crippen molar-refractivity contribution in [3.05, 3.63) is 11.1 Å². The number of aryl methyl sites for hydroxylation is 1. The lowest BCUT2D eigenvalue weighted by Gasteiger charge is -1.84. The molecule has 1 N–H and O–H groups in total. The van der Waals surface area contributed by atoms with E-state index in [1.54, 1.807) is 5.38 Å². The zero-order valence-corrected chi connectivity index (χ0v) is 5.40. The minimum absolute atomic E-state index is 0.331. The maximum absolute atomic E-state index is 8.90. The van der Waals surface area contributed by atoms with E-state index >= 15 is 0 Å². The highest BCUT2D eigenvalue weighted by atomic mass is 32.1. The summed E-state index contributed by atoms with van der Waals surface area (Å²) < 4.78 is 3.93. The van der Waals surface area contributed by atoms with Gasteiger partial charge in [0, 0.05) is 0 Å². The van der Waals surface area contributed by atoms with Crippen molar-refractivity contribution in [1.82, 2.24) is 4.37 Å². The number of hydrogen-bond donors (Lipinski definition) is 1. The molecule has 0 saturated carbocycles. The number of aromatic hydroxyl groups is 1. The van der Waals surface area contributed by atoms with Crippen LogP contribution in [0.15, 0.2) is 5.38 Å². The Bertz CT molecular complexity index is 173. The van der Waals surface area contributed by atoms with Crippen molar-refractivity contribution in [3.63, 3.8) is 0 Å². The third-order valence-corrected chi connectivity index (χ3v) is 1.61. The van der Waals surface area contributed by atoms with E-state index in [-0.39, 0.29) is 0 Å². The zero-order valence-electron chi connectivity index (χ0n) is 4.59. The van der Waals surface area contributed by atoms with Crippen LogP contribution in [0.2, 0.25) is 0 Å². The summed E-state index contributed by atoms with van der Waals surface area (Å²) in [4.78, 5) is 0. The summed E-state index contributed by atoms with van der Waals surface area (Å²) in [5.74, 6) is 0.331. The molecular formula is C5H7NOS. The molecule has 0 bridgehead atoms. The molecule has 0 atom stereocenters. The van der Waals surface area contributed by atoms with E-state index in [0.29, 0.717) is 5.75 Å². The van der Waals surface area contributed by atoms with E-state index < -0.39 is 0 Å². The van der Waals surface area contributed by atoms with Crippen LogP contribution in [-0.2, 0) is 6.42 Å². The third-order valence-electron chi connectivity index (χ3n) is 0.958. The molecule has 1 aromatic heterocycles. The van der Waals surface area contributed by atoms with Gasteiger partial charge in [-0.1, -0.05) is 6.92 Å². The Morgan fingerprint density at radius 3 is 2.88 bits per heavy atom. The first-order chi connectivity index (χ1) is 3.84. The minimum Gasteiger partial charge on any atom is -0.505 e. The lowest BCUT2D eigenvalue weighted by Crippen LogP contribution is -1.75. The highest BCUT2D eigenvalue weighted by Crippen LogP contribution is 2.16. The van der Waals surface area contributed by atoms with Gasteiger partial charge >= 0.3 is 0 Å². The summed E-state index contributed by atoms with van der Waals surface area (Å²) in [6.07, 6.45) is 0.815. The van der Waals surface area contributed by atoms with Crippen molar-refractivity contribution in [2.24, 2.45) is 0 Å². The normalized spacial score (nSPS) is 9.62. The van der Waals surface area contributed by atoms with Crippen LogP contribution in [-0.4, -0.2) is 9.48 Å². The van der Waals surface area contributed by atoms with Crippen molar-refractivity contribution in [3.8, 4) is 5.75 Å². The van der Waals surface area contributed by atoms with Crippen LogP contribution in [0, 0.1) is 0 Å². The number of rotatable bonds is 1. The molecule has 44 valence electrons. The molecule has 0 spiro atoms. The number of nitrogens with zero attached hydrogens (tertiary/aromatic N) is 1. The fourth-order valence-electron chi connectivity index (χ4n) is 0.500. The van der Waals surface area contributed by atoms with Gasteiger partial charge < -0.3 is 5.11 Å². The molecule has 1 heterocycles. The maximum Gasteiger partial charge on any atom is 0.149 e. The number of hydrogen-bond acceptors (Lipinski definition) is 3. The second-order valence-electron chi connectivity index (χ2n) is 1.50. The average molecular weight is 129 g/mol. The predicted octanol–water partition coefficient (Wildman–Crippen LogP) is 1.41. The molecule has 0 amide bonds. The van der Waals surface area contributed by atoms with E-state index in [0.717, 1.165) is 12.1 Å². The quantitative estimate of drug-likeness (QED) is 0.622. The third kappa shape index (κ3) is 0.816. The molecule has 3 heteroatoms. The van der Waals surface area contributed by atoms with Crippen molar-refractivity contribution in [2.75, 3.05) is 0 Å². The molecular weight excluding hydrogens is 122 g/mol. The van der Waals surface area contributed by atoms with Crippen LogP contribution >= 0.6 is 11.5 Å². The van der Waals surface area contributed by atoms with Gasteiger partial charge in [-0.2, -0.15) is 4.37 Å². The van der Waals surface area contributed by atoms with Gasteiger partial charge in [0.1, 0.15) is 5.75 Å². The largest absolute Gasteiger partial charge is 0.505 e. The van der Waals surface area contributed by atoms with Crippen molar-refractivity contribution in [1.29, 1.82) is 0 Å². The minimum atomic E-state index is 0.331. The Balaban J connectivity index is 2.92. The summed E-state index contributed by atoms with van der Waals surface area (Å²) in [6.45, 7) is 1.97. The van der Waals surface area contributed by atoms with Crippen LogP contribution in [0.4, 0.5) is 0 Å². The summed E-state index contributed by atoms with van der Waals surface area (Å²) >= 11 is 1.29. The first-order valence-corrected chi connectivity index (χ1v) is 3.30. The van der Waals surface area contributed by atoms with Crippen LogP contribution < -0.4 is 0 Å². The van der Waals surface area contributed by atoms with Gasteiger partial charge in [0.15, 0.2) is 0 Å². The summed E-state index contributed by atoms with van der Waals surface area (Å²) in [5, 5.41) is 10.5. The van der Waals surface area contributed by atoms with Gasteiger partial charge in [0.25, 0.3) is 0 Å². The first-order valence-electron chi connectivity index (χ1n) is 2.46. The Kier molecular flexibility index (Phi) is 1.48. The van der Waals surface area contributed by atoms with E-state index in [2.05, 4.69) is 4.37 Å². The first kappa shape index (κ1) is 5.56. The summed E-state index contributed by atoms with van der Waals surface area (Å²) in [6, 6.07) is 0. The van der Waals surface area contributed by atoms with E-state index in [1.807, 2.05) is 6.92 Å². The van der Waals surface area contributed by atoms with E-state index in [9.17, 15) is 0 Å². The molecule has 0 aliphatic carbocycles. The lowest BCUT2D eigenvalue weighted by molar-refractivity contribution is 0.469. The average Bonchev–Trinajstić information content (AvgIpc) is 2.14. The molecule has 8 heavy (non-hydrogen) atoms. The molecule has 0 radical (unpaired) electrons. The fraction of sp³-hybridized carbons (Fsp3) is 0.400. The highest BCUT2D eigenvalue weighted by molar-refractivity contribution is 7.03. The fourth-order valence-corrected chi connectivity index (χ4v) is 1.14. The van der Waals surface area contributed by atoms with Gasteiger partial charge in [-0.3, -0.25) is 0 Å². The summed E-state index contributed by atoms with van der Waals surface area (Å²) in [5.41, 5.74) is 0.801. The standard InChI is InChI=1S/C5H7NOS/c1-2-4-5(7)3-8-6-4/h3,7H,2H2,1H3. The van der Waals surface area contributed by atoms with Gasteiger partial charge in [0.05, 0.1) is 11.1 Å². The molecule has 1 rings (SSSR count). The van der Waals surface area contributed by atoms with Gasteiger partial charge in [-0.25, -0.2) is 0 Å². The molecule has 0 aromatic carbocycles. The molecule has 0 unspecified atom stereocenters. The molecule has 0 fully saturated rings. The smallest absolute Gasteiger partial charge is 0.149 e. The van der Waals surface area contributed by atoms with Gasteiger partial charge in [-0.05, 0) is 18.0 Å². The summed E-state index contributed by atoms with van der Waals surface area (Å²) in [7, 11) is 0. The van der Waals surface area contributed by atoms with Crippen molar-refractivity contribution >= 4 is 11.5 Å². The highest BCUT2D eigenvalue weighted by Gasteiger charge is 1.97. The van der Waals surface area contributed by atoms with Crippen molar-refractivity contribution in [2.45, 2.75) is 13.3 Å². The maximum atomic E-state index is 8.90. The predicted molar refractivity (Wildman–Crippen MR) is 33.2 cm³/mol. The second-order valence-corrected chi connectivity index (χ2v) is 2.13. The van der Waals surface area contributed by atoms with Crippen LogP contribution in [0.3, 0.4) is 0 Å². The number of aromatic nitrogens is 1. The monoisotopic (exact) mass is 129 g/mol. The van der Waals surface area contributed by atoms with E-state index in [4.69, 9.17) is 5.11 Å². The van der Waals surface area contributed by atoms with Crippen molar-refractivity contribution < 1.29 is 5.11 Å². The Labute approximate surface area is 52.0 Å². The van der Waals surface area contributed by atoms with Gasteiger partial charge in [-0.15, -0.1) is 0 Å². The molecule has 0 aliphatic heterocycles. The Morgan fingerprint density at radius 2 is 2.62 bits per heavy atom. The van der Waals surface area contributed by atoms with E-state index in [1.165, 1.54) is 11.5 Å². The SMILES string of the molecule is CCc1nscc1O.